The van der Waals surface area contributed by atoms with Crippen LogP contribution in [-0.4, -0.2) is 84.1 Å². The van der Waals surface area contributed by atoms with Crippen LogP contribution in [0.4, 0.5) is 0 Å². The zero-order valence-corrected chi connectivity index (χ0v) is 20.4. The zero-order chi connectivity index (χ0) is 23.6. The van der Waals surface area contributed by atoms with Crippen molar-refractivity contribution in [1.29, 1.82) is 0 Å². The molecule has 0 aromatic carbocycles. The molecule has 2 aliphatic heterocycles. The molecule has 2 rings (SSSR count). The van der Waals surface area contributed by atoms with Crippen LogP contribution in [0.1, 0.15) is 59.3 Å². The smallest absolute Gasteiger partial charge is 0.303 e. The van der Waals surface area contributed by atoms with Crippen molar-refractivity contribution in [2.75, 3.05) is 45.1 Å². The van der Waals surface area contributed by atoms with Crippen LogP contribution in [-0.2, 0) is 23.9 Å². The van der Waals surface area contributed by atoms with Gasteiger partial charge in [-0.05, 0) is 32.4 Å². The van der Waals surface area contributed by atoms with Gasteiger partial charge in [0.25, 0.3) is 5.91 Å². The van der Waals surface area contributed by atoms with Crippen LogP contribution < -0.4 is 10.6 Å². The number of piperidine rings is 1. The van der Waals surface area contributed by atoms with Crippen molar-refractivity contribution in [3.63, 3.8) is 0 Å². The topological polar surface area (TPSA) is 117 Å². The predicted octanol–water partition coefficient (Wildman–Crippen LogP) is 1.81. The molecule has 2 atom stereocenters. The molecular weight excluding hydrogens is 434 g/mol. The molecule has 1 amide bonds. The van der Waals surface area contributed by atoms with Crippen LogP contribution >= 0.6 is 11.8 Å². The Morgan fingerprint density at radius 3 is 2.59 bits per heavy atom. The third kappa shape index (κ3) is 8.30. The number of aliphatic carboxylic acids is 1. The maximum Gasteiger partial charge on any atom is 0.303 e. The lowest BCUT2D eigenvalue weighted by atomic mass is 9.85. The van der Waals surface area contributed by atoms with Crippen molar-refractivity contribution in [2.45, 2.75) is 71.3 Å². The van der Waals surface area contributed by atoms with E-state index in [1.807, 2.05) is 0 Å². The molecule has 0 aliphatic carbocycles. The lowest BCUT2D eigenvalue weighted by Gasteiger charge is -2.54. The summed E-state index contributed by atoms with van der Waals surface area (Å²) in [5.74, 6) is -1.23. The number of carbonyl (C=O) groups excluding carboxylic acids is 2. The number of ether oxygens (including phenoxy) is 2. The Morgan fingerprint density at radius 1 is 1.12 bits per heavy atom. The molecule has 2 saturated heterocycles. The molecule has 0 radical (unpaired) electrons. The van der Waals surface area contributed by atoms with Gasteiger partial charge in [-0.15, -0.1) is 0 Å². The van der Waals surface area contributed by atoms with Gasteiger partial charge in [0.05, 0.1) is 19.1 Å². The number of thioether (sulfide) groups is 1. The highest BCUT2D eigenvalue weighted by Crippen LogP contribution is 2.41. The molecular formula is C22H39N3O6S. The maximum atomic E-state index is 12.1. The van der Waals surface area contributed by atoms with Crippen molar-refractivity contribution < 1.29 is 29.0 Å². The minimum absolute atomic E-state index is 0.0102. The SMILES string of the molecule is CC(=O)N1CCCCC12OCC(C)(C)[C@H](CNCCCNCCSC(=O)CCC(=O)O)O2. The fraction of sp³-hybridized carbons (Fsp3) is 0.864. The molecule has 9 nitrogen and oxygen atoms in total. The number of amides is 1. The summed E-state index contributed by atoms with van der Waals surface area (Å²) in [7, 11) is 0. The van der Waals surface area contributed by atoms with Gasteiger partial charge in [0.15, 0.2) is 5.12 Å². The van der Waals surface area contributed by atoms with E-state index in [1.54, 1.807) is 11.8 Å². The minimum atomic E-state index is -0.941. The van der Waals surface area contributed by atoms with Gasteiger partial charge in [0.1, 0.15) is 0 Å². The Labute approximate surface area is 195 Å². The van der Waals surface area contributed by atoms with Crippen LogP contribution in [0.15, 0.2) is 0 Å². The van der Waals surface area contributed by atoms with E-state index in [0.717, 1.165) is 32.4 Å². The molecule has 32 heavy (non-hydrogen) atoms. The maximum absolute atomic E-state index is 12.1. The van der Waals surface area contributed by atoms with Crippen LogP contribution in [0, 0.1) is 5.41 Å². The molecule has 3 N–H and O–H groups in total. The number of rotatable bonds is 12. The van der Waals surface area contributed by atoms with Crippen molar-refractivity contribution in [1.82, 2.24) is 15.5 Å². The highest BCUT2D eigenvalue weighted by molar-refractivity contribution is 8.13. The Balaban J connectivity index is 1.63. The molecule has 2 fully saturated rings. The Hall–Kier alpha value is -1.20. The van der Waals surface area contributed by atoms with Crippen LogP contribution in [0.5, 0.6) is 0 Å². The highest BCUT2D eigenvalue weighted by Gasteiger charge is 2.51. The average Bonchev–Trinajstić information content (AvgIpc) is 2.73. The molecule has 2 aliphatic rings. The molecule has 0 bridgehead atoms. The number of nitrogens with zero attached hydrogens (tertiary/aromatic N) is 1. The van der Waals surface area contributed by atoms with Gasteiger partial charge in [-0.3, -0.25) is 19.3 Å². The van der Waals surface area contributed by atoms with E-state index < -0.39 is 11.9 Å². The van der Waals surface area contributed by atoms with E-state index in [2.05, 4.69) is 24.5 Å². The van der Waals surface area contributed by atoms with Gasteiger partial charge in [-0.1, -0.05) is 25.6 Å². The first-order valence-corrected chi connectivity index (χ1v) is 12.5. The molecule has 0 aromatic heterocycles. The Morgan fingerprint density at radius 2 is 1.88 bits per heavy atom. The van der Waals surface area contributed by atoms with Crippen molar-refractivity contribution in [3.8, 4) is 0 Å². The van der Waals surface area contributed by atoms with E-state index in [0.29, 0.717) is 38.4 Å². The number of carboxylic acid groups (broad SMARTS) is 1. The molecule has 184 valence electrons. The summed E-state index contributed by atoms with van der Waals surface area (Å²) in [6, 6.07) is 0. The summed E-state index contributed by atoms with van der Waals surface area (Å²) in [6.45, 7) is 10.1. The average molecular weight is 474 g/mol. The molecule has 10 heteroatoms. The van der Waals surface area contributed by atoms with Gasteiger partial charge in [-0.25, -0.2) is 0 Å². The standard InChI is InChI=1S/C22H39N3O6S/c1-17(26)25-13-5-4-9-22(25)30-16-21(2,3)18(31-22)15-24-11-6-10-23-12-14-32-20(29)8-7-19(27)28/h18,23-24H,4-16H2,1-3H3,(H,27,28)/t18-,22?/m0/s1. The van der Waals surface area contributed by atoms with E-state index in [-0.39, 0.29) is 35.4 Å². The summed E-state index contributed by atoms with van der Waals surface area (Å²) in [5, 5.41) is 15.3. The first-order valence-electron chi connectivity index (χ1n) is 11.6. The lowest BCUT2D eigenvalue weighted by molar-refractivity contribution is -0.386. The monoisotopic (exact) mass is 473 g/mol. The van der Waals surface area contributed by atoms with Crippen LogP contribution in [0.3, 0.4) is 0 Å². The number of hydrogen-bond donors (Lipinski definition) is 3. The zero-order valence-electron chi connectivity index (χ0n) is 19.6. The predicted molar refractivity (Wildman–Crippen MR) is 123 cm³/mol. The van der Waals surface area contributed by atoms with E-state index >= 15 is 0 Å². The third-order valence-corrected chi connectivity index (χ3v) is 6.84. The van der Waals surface area contributed by atoms with Gasteiger partial charge < -0.3 is 25.2 Å². The number of carbonyl (C=O) groups is 3. The quantitative estimate of drug-likeness (QED) is 0.365. The summed E-state index contributed by atoms with van der Waals surface area (Å²) in [6.07, 6.45) is 3.53. The largest absolute Gasteiger partial charge is 0.481 e. The number of hydrogen-bond acceptors (Lipinski definition) is 8. The van der Waals surface area contributed by atoms with E-state index in [1.165, 1.54) is 11.8 Å². The van der Waals surface area contributed by atoms with Crippen molar-refractivity contribution >= 4 is 28.8 Å². The van der Waals surface area contributed by atoms with Gasteiger partial charge in [0, 0.05) is 50.6 Å². The normalized spacial score (nSPS) is 25.1. The first-order chi connectivity index (χ1) is 15.2. The Kier molecular flexibility index (Phi) is 10.9. The Bertz CT molecular complexity index is 647. The second kappa shape index (κ2) is 12.9. The number of carboxylic acids is 1. The number of nitrogens with one attached hydrogen (secondary N) is 2. The van der Waals surface area contributed by atoms with Crippen molar-refractivity contribution in [3.05, 3.63) is 0 Å². The second-order valence-electron chi connectivity index (χ2n) is 9.15. The fourth-order valence-electron chi connectivity index (χ4n) is 3.93. The minimum Gasteiger partial charge on any atom is -0.481 e. The molecule has 2 heterocycles. The molecule has 1 unspecified atom stereocenters. The van der Waals surface area contributed by atoms with Gasteiger partial charge >= 0.3 is 5.97 Å². The summed E-state index contributed by atoms with van der Waals surface area (Å²) < 4.78 is 12.6. The van der Waals surface area contributed by atoms with Crippen LogP contribution in [0.2, 0.25) is 0 Å². The van der Waals surface area contributed by atoms with Crippen molar-refractivity contribution in [2.24, 2.45) is 5.41 Å². The highest BCUT2D eigenvalue weighted by atomic mass is 32.2. The van der Waals surface area contributed by atoms with Gasteiger partial charge in [-0.2, -0.15) is 0 Å². The van der Waals surface area contributed by atoms with E-state index in [4.69, 9.17) is 14.6 Å². The first kappa shape index (κ1) is 27.0. The summed E-state index contributed by atoms with van der Waals surface area (Å²) >= 11 is 1.18. The molecule has 1 spiro atoms. The third-order valence-electron chi connectivity index (χ3n) is 5.91. The summed E-state index contributed by atoms with van der Waals surface area (Å²) in [5.41, 5.74) is -0.152. The summed E-state index contributed by atoms with van der Waals surface area (Å²) in [4.78, 5) is 35.9. The molecule has 0 aromatic rings. The molecule has 0 saturated carbocycles. The second-order valence-corrected chi connectivity index (χ2v) is 10.3. The van der Waals surface area contributed by atoms with E-state index in [9.17, 15) is 14.4 Å². The fourth-order valence-corrected chi connectivity index (χ4v) is 4.65. The lowest BCUT2D eigenvalue weighted by Crippen LogP contribution is -2.65. The van der Waals surface area contributed by atoms with Crippen LogP contribution in [0.25, 0.3) is 0 Å². The number of likely N-dealkylation sites (tertiary alicyclic amines) is 1. The van der Waals surface area contributed by atoms with Gasteiger partial charge in [0.2, 0.25) is 5.91 Å².